The van der Waals surface area contributed by atoms with E-state index in [9.17, 15) is 19.5 Å². The van der Waals surface area contributed by atoms with Crippen molar-refractivity contribution in [2.45, 2.75) is 12.5 Å². The van der Waals surface area contributed by atoms with Gasteiger partial charge in [0.2, 0.25) is 11.8 Å². The minimum Gasteiger partial charge on any atom is -0.392 e. The third-order valence-electron chi connectivity index (χ3n) is 5.09. The van der Waals surface area contributed by atoms with Gasteiger partial charge in [0, 0.05) is 31.7 Å². The molecular weight excluding hydrogens is 352 g/mol. The lowest BCUT2D eigenvalue weighted by molar-refractivity contribution is -0.146. The van der Waals surface area contributed by atoms with Crippen LogP contribution in [0.5, 0.6) is 0 Å². The van der Waals surface area contributed by atoms with Gasteiger partial charge in [-0.05, 0) is 24.6 Å². The fourth-order valence-corrected chi connectivity index (χ4v) is 3.58. The predicted octanol–water partition coefficient (Wildman–Crippen LogP) is -1.26. The zero-order chi connectivity index (χ0) is 19.0. The monoisotopic (exact) mass is 372 g/mol. The summed E-state index contributed by atoms with van der Waals surface area (Å²) in [5.41, 5.74) is 1.71. The number of H-pyrrole nitrogens is 1. The average molecular weight is 372 g/mol. The van der Waals surface area contributed by atoms with E-state index in [4.69, 9.17) is 0 Å². The zero-order valence-electron chi connectivity index (χ0n) is 14.6. The van der Waals surface area contributed by atoms with Gasteiger partial charge >= 0.3 is 0 Å². The van der Waals surface area contributed by atoms with E-state index in [0.29, 0.717) is 42.7 Å². The van der Waals surface area contributed by atoms with Crippen molar-refractivity contribution in [1.29, 1.82) is 0 Å². The maximum absolute atomic E-state index is 12.9. The number of benzene rings is 1. The number of carbonyl (C=O) groups excluding carboxylic acids is 3. The first kappa shape index (κ1) is 17.4. The molecule has 0 unspecified atom stereocenters. The molecule has 10 nitrogen and oxygen atoms in total. The molecule has 0 bridgehead atoms. The van der Waals surface area contributed by atoms with Crippen LogP contribution in [0.25, 0.3) is 11.0 Å². The summed E-state index contributed by atoms with van der Waals surface area (Å²) in [5.74, 6) is -1.46. The van der Waals surface area contributed by atoms with Crippen molar-refractivity contribution in [3.63, 3.8) is 0 Å². The highest BCUT2D eigenvalue weighted by Crippen LogP contribution is 2.22. The molecule has 2 aromatic rings. The summed E-state index contributed by atoms with van der Waals surface area (Å²) < 4.78 is 0. The fraction of sp³-hybridized carbons (Fsp3) is 0.471. The second-order valence-corrected chi connectivity index (χ2v) is 6.85. The first-order valence-electron chi connectivity index (χ1n) is 8.86. The van der Waals surface area contributed by atoms with Crippen LogP contribution in [0.2, 0.25) is 0 Å². The van der Waals surface area contributed by atoms with Gasteiger partial charge in [-0.1, -0.05) is 0 Å². The van der Waals surface area contributed by atoms with Crippen LogP contribution in [0.4, 0.5) is 0 Å². The van der Waals surface area contributed by atoms with Gasteiger partial charge < -0.3 is 20.2 Å². The van der Waals surface area contributed by atoms with E-state index in [1.165, 1.54) is 4.90 Å². The van der Waals surface area contributed by atoms with Gasteiger partial charge in [-0.25, -0.2) is 0 Å². The van der Waals surface area contributed by atoms with Gasteiger partial charge in [-0.15, -0.1) is 0 Å². The number of hydrogen-bond acceptors (Lipinski definition) is 6. The Morgan fingerprint density at radius 2 is 1.96 bits per heavy atom. The average Bonchev–Trinajstić information content (AvgIpc) is 3.15. The number of aromatic amines is 1. The second-order valence-electron chi connectivity index (χ2n) is 6.85. The van der Waals surface area contributed by atoms with E-state index in [-0.39, 0.29) is 30.8 Å². The van der Waals surface area contributed by atoms with Crippen LogP contribution in [0.1, 0.15) is 16.8 Å². The van der Waals surface area contributed by atoms with Gasteiger partial charge in [0.05, 0.1) is 18.6 Å². The first-order valence-corrected chi connectivity index (χ1v) is 8.86. The highest BCUT2D eigenvalue weighted by Gasteiger charge is 2.38. The molecule has 142 valence electrons. The smallest absolute Gasteiger partial charge is 0.253 e. The van der Waals surface area contributed by atoms with Crippen molar-refractivity contribution >= 4 is 28.8 Å². The number of aliphatic hydroxyl groups is 1. The van der Waals surface area contributed by atoms with Crippen LogP contribution >= 0.6 is 0 Å². The normalized spacial score (nSPS) is 23.4. The van der Waals surface area contributed by atoms with Crippen LogP contribution < -0.4 is 5.32 Å². The quantitative estimate of drug-likeness (QED) is 0.603. The lowest BCUT2D eigenvalue weighted by Crippen LogP contribution is -2.57. The lowest BCUT2D eigenvalue weighted by atomic mass is 9.92. The largest absolute Gasteiger partial charge is 0.392 e. The van der Waals surface area contributed by atoms with E-state index in [1.54, 1.807) is 23.1 Å². The molecule has 2 fully saturated rings. The standard InChI is InChI=1S/C17H20N6O4/c24-14-3-5-22(8-11(14)17(27)23-6-4-18-15(25)9-23)16(26)10-1-2-12-13(7-10)20-21-19-12/h1-2,7,11,14,24H,3-6,8-9H2,(H,18,25)(H,19,20,21)/t11-,14+/m0/s1. The van der Waals surface area contributed by atoms with Crippen LogP contribution in [-0.4, -0.2) is 86.9 Å². The molecule has 3 N–H and O–H groups in total. The molecule has 27 heavy (non-hydrogen) atoms. The number of amides is 3. The number of fused-ring (bicyclic) bond motifs is 1. The molecule has 0 radical (unpaired) electrons. The van der Waals surface area contributed by atoms with E-state index in [0.717, 1.165) is 0 Å². The first-order chi connectivity index (χ1) is 13.0. The molecule has 0 spiro atoms. The molecule has 1 aromatic carbocycles. The molecule has 3 heterocycles. The van der Waals surface area contributed by atoms with Crippen molar-refractivity contribution in [2.24, 2.45) is 5.92 Å². The van der Waals surface area contributed by atoms with Crippen molar-refractivity contribution in [3.05, 3.63) is 23.8 Å². The number of nitrogens with one attached hydrogen (secondary N) is 2. The highest BCUT2D eigenvalue weighted by molar-refractivity contribution is 5.97. The maximum atomic E-state index is 12.9. The Morgan fingerprint density at radius 3 is 2.78 bits per heavy atom. The highest BCUT2D eigenvalue weighted by atomic mass is 16.3. The second kappa shape index (κ2) is 6.95. The third kappa shape index (κ3) is 3.35. The number of rotatable bonds is 2. The van der Waals surface area contributed by atoms with E-state index < -0.39 is 12.0 Å². The van der Waals surface area contributed by atoms with Crippen molar-refractivity contribution < 1.29 is 19.5 Å². The van der Waals surface area contributed by atoms with E-state index >= 15 is 0 Å². The Hall–Kier alpha value is -3.01. The Labute approximate surface area is 154 Å². The minimum atomic E-state index is -0.829. The van der Waals surface area contributed by atoms with Gasteiger partial charge in [0.15, 0.2) is 0 Å². The Kier molecular flexibility index (Phi) is 4.48. The molecule has 0 aliphatic carbocycles. The van der Waals surface area contributed by atoms with Crippen LogP contribution in [0, 0.1) is 5.92 Å². The number of hydrogen-bond donors (Lipinski definition) is 3. The number of aliphatic hydroxyl groups excluding tert-OH is 1. The summed E-state index contributed by atoms with van der Waals surface area (Å²) in [7, 11) is 0. The number of aromatic nitrogens is 3. The van der Waals surface area contributed by atoms with E-state index in [1.807, 2.05) is 0 Å². The van der Waals surface area contributed by atoms with E-state index in [2.05, 4.69) is 20.7 Å². The summed E-state index contributed by atoms with van der Waals surface area (Å²) >= 11 is 0. The van der Waals surface area contributed by atoms with Crippen LogP contribution in [0.15, 0.2) is 18.2 Å². The molecule has 10 heteroatoms. The minimum absolute atomic E-state index is 0.0151. The molecule has 3 amide bonds. The molecule has 2 aliphatic heterocycles. The Morgan fingerprint density at radius 1 is 1.15 bits per heavy atom. The van der Waals surface area contributed by atoms with Crippen molar-refractivity contribution in [3.8, 4) is 0 Å². The van der Waals surface area contributed by atoms with Crippen LogP contribution in [-0.2, 0) is 9.59 Å². The molecule has 4 rings (SSSR count). The molecular formula is C17H20N6O4. The fourth-order valence-electron chi connectivity index (χ4n) is 3.58. The van der Waals surface area contributed by atoms with Gasteiger partial charge in [0.1, 0.15) is 11.0 Å². The lowest BCUT2D eigenvalue weighted by Gasteiger charge is -2.38. The molecule has 0 saturated carbocycles. The Bertz CT molecular complexity index is 896. The number of piperidine rings is 1. The molecule has 2 saturated heterocycles. The summed E-state index contributed by atoms with van der Waals surface area (Å²) in [6, 6.07) is 5.03. The SMILES string of the molecule is O=C1CN(C(=O)[C@H]2CN(C(=O)c3ccc4n[nH]nc4c3)CC[C@H]2O)CCN1. The molecule has 2 atom stereocenters. The molecule has 2 aliphatic rings. The topological polar surface area (TPSA) is 132 Å². The predicted molar refractivity (Wildman–Crippen MR) is 93.5 cm³/mol. The number of piperazine rings is 1. The summed E-state index contributed by atoms with van der Waals surface area (Å²) in [6.45, 7) is 1.27. The maximum Gasteiger partial charge on any atom is 0.253 e. The van der Waals surface area contributed by atoms with Gasteiger partial charge in [0.25, 0.3) is 5.91 Å². The summed E-state index contributed by atoms with van der Waals surface area (Å²) in [5, 5.41) is 23.4. The number of carbonyl (C=O) groups is 3. The summed E-state index contributed by atoms with van der Waals surface area (Å²) in [6.07, 6.45) is -0.515. The molecule has 1 aromatic heterocycles. The third-order valence-corrected chi connectivity index (χ3v) is 5.09. The number of nitrogens with zero attached hydrogens (tertiary/aromatic N) is 4. The summed E-state index contributed by atoms with van der Waals surface area (Å²) in [4.78, 5) is 40.2. The number of likely N-dealkylation sites (tertiary alicyclic amines) is 1. The zero-order valence-corrected chi connectivity index (χ0v) is 14.6. The van der Waals surface area contributed by atoms with Crippen molar-refractivity contribution in [2.75, 3.05) is 32.7 Å². The van der Waals surface area contributed by atoms with Crippen molar-refractivity contribution in [1.82, 2.24) is 30.5 Å². The van der Waals surface area contributed by atoms with Gasteiger partial charge in [-0.2, -0.15) is 15.4 Å². The van der Waals surface area contributed by atoms with Gasteiger partial charge in [-0.3, -0.25) is 14.4 Å². The Balaban J connectivity index is 1.49. The van der Waals surface area contributed by atoms with Crippen LogP contribution in [0.3, 0.4) is 0 Å².